The Bertz CT molecular complexity index is 446. The van der Waals surface area contributed by atoms with Gasteiger partial charge < -0.3 is 10.1 Å². The Balaban J connectivity index is 1.45. The van der Waals surface area contributed by atoms with Gasteiger partial charge in [0, 0.05) is 24.8 Å². The zero-order chi connectivity index (χ0) is 12.0. The maximum absolute atomic E-state index is 5.52. The molecule has 2 nitrogen and oxygen atoms in total. The van der Waals surface area contributed by atoms with E-state index in [1.54, 1.807) is 0 Å². The fraction of sp³-hybridized carbons (Fsp3) is 0.625. The van der Waals surface area contributed by atoms with E-state index in [1.165, 1.54) is 43.5 Å². The first-order valence-electron chi connectivity index (χ1n) is 7.28. The van der Waals surface area contributed by atoms with Gasteiger partial charge in [0.1, 0.15) is 0 Å². The smallest absolute Gasteiger partial charge is 0.0536 e. The lowest BCUT2D eigenvalue weighted by Crippen LogP contribution is -2.09. The molecule has 2 atom stereocenters. The van der Waals surface area contributed by atoms with Crippen molar-refractivity contribution in [1.29, 1.82) is 0 Å². The maximum atomic E-state index is 5.52. The molecule has 18 heavy (non-hydrogen) atoms. The summed E-state index contributed by atoms with van der Waals surface area (Å²) in [5, 5.41) is 3.69. The molecule has 3 aliphatic rings. The van der Waals surface area contributed by atoms with Gasteiger partial charge in [-0.15, -0.1) is 0 Å². The minimum Gasteiger partial charge on any atom is -0.385 e. The van der Waals surface area contributed by atoms with E-state index < -0.39 is 0 Å². The molecule has 0 amide bonds. The van der Waals surface area contributed by atoms with Crippen molar-refractivity contribution in [2.75, 3.05) is 25.1 Å². The van der Waals surface area contributed by atoms with E-state index in [9.17, 15) is 0 Å². The molecule has 2 saturated carbocycles. The van der Waals surface area contributed by atoms with Crippen LogP contribution >= 0.6 is 0 Å². The number of hydrogen-bond donors (Lipinski definition) is 1. The lowest BCUT2D eigenvalue weighted by atomic mass is 9.96. The number of benzene rings is 1. The van der Waals surface area contributed by atoms with Crippen molar-refractivity contribution in [3.8, 4) is 0 Å². The van der Waals surface area contributed by atoms with Crippen LogP contribution in [0.5, 0.6) is 0 Å². The second-order valence-corrected chi connectivity index (χ2v) is 6.29. The Morgan fingerprint density at radius 3 is 2.89 bits per heavy atom. The van der Waals surface area contributed by atoms with Crippen LogP contribution in [-0.4, -0.2) is 19.8 Å². The Hall–Kier alpha value is -1.02. The number of para-hydroxylation sites is 1. The molecule has 1 aliphatic heterocycles. The molecule has 0 bridgehead atoms. The molecule has 3 fully saturated rings. The zero-order valence-corrected chi connectivity index (χ0v) is 10.8. The van der Waals surface area contributed by atoms with Crippen molar-refractivity contribution in [3.63, 3.8) is 0 Å². The molecule has 0 radical (unpaired) electrons. The van der Waals surface area contributed by atoms with E-state index in [4.69, 9.17) is 4.74 Å². The number of rotatable bonds is 4. The van der Waals surface area contributed by atoms with Crippen LogP contribution in [0.3, 0.4) is 0 Å². The van der Waals surface area contributed by atoms with E-state index in [0.717, 1.165) is 24.5 Å². The van der Waals surface area contributed by atoms with Gasteiger partial charge in [-0.25, -0.2) is 0 Å². The Labute approximate surface area is 109 Å². The largest absolute Gasteiger partial charge is 0.385 e. The van der Waals surface area contributed by atoms with Crippen LogP contribution in [0.2, 0.25) is 0 Å². The summed E-state index contributed by atoms with van der Waals surface area (Å²) in [5.41, 5.74) is 3.61. The highest BCUT2D eigenvalue weighted by molar-refractivity contribution is 5.53. The summed E-state index contributed by atoms with van der Waals surface area (Å²) in [5.74, 6) is 1.55. The van der Waals surface area contributed by atoms with Gasteiger partial charge in [0.15, 0.2) is 0 Å². The van der Waals surface area contributed by atoms with Gasteiger partial charge >= 0.3 is 0 Å². The Morgan fingerprint density at radius 1 is 1.28 bits per heavy atom. The van der Waals surface area contributed by atoms with Crippen LogP contribution < -0.4 is 5.32 Å². The minimum absolute atomic E-state index is 0.600. The molecule has 1 aromatic carbocycles. The molecule has 2 unspecified atom stereocenters. The predicted octanol–water partition coefficient (Wildman–Crippen LogP) is 3.40. The quantitative estimate of drug-likeness (QED) is 0.875. The van der Waals surface area contributed by atoms with Crippen LogP contribution in [0, 0.1) is 11.3 Å². The molecule has 1 heterocycles. The zero-order valence-electron chi connectivity index (χ0n) is 10.8. The number of hydrogen-bond acceptors (Lipinski definition) is 2. The molecule has 4 rings (SSSR count). The fourth-order valence-electron chi connectivity index (χ4n) is 3.52. The molecule has 96 valence electrons. The summed E-state index contributed by atoms with van der Waals surface area (Å²) in [7, 11) is 0. The van der Waals surface area contributed by atoms with Crippen molar-refractivity contribution in [3.05, 3.63) is 29.8 Å². The normalized spacial score (nSPS) is 31.6. The molecule has 1 spiro atoms. The van der Waals surface area contributed by atoms with Gasteiger partial charge in [-0.1, -0.05) is 18.2 Å². The van der Waals surface area contributed by atoms with Crippen molar-refractivity contribution < 1.29 is 4.74 Å². The summed E-state index contributed by atoms with van der Waals surface area (Å²) in [6.45, 7) is 2.99. The first-order valence-corrected chi connectivity index (χ1v) is 7.28. The number of nitrogens with one attached hydrogen (secondary N) is 1. The van der Waals surface area contributed by atoms with E-state index >= 15 is 0 Å². The highest BCUT2D eigenvalue weighted by atomic mass is 16.5. The molecule has 1 aromatic rings. The lowest BCUT2D eigenvalue weighted by Gasteiger charge is -2.15. The SMILES string of the molecule is c1ccc(C2CCOC2)c(NCC2CC23CC3)c1. The highest BCUT2D eigenvalue weighted by Gasteiger charge is 2.62. The van der Waals surface area contributed by atoms with Crippen LogP contribution in [0.1, 0.15) is 37.2 Å². The summed E-state index contributed by atoms with van der Waals surface area (Å²) >= 11 is 0. The van der Waals surface area contributed by atoms with Gasteiger partial charge in [-0.2, -0.15) is 0 Å². The monoisotopic (exact) mass is 243 g/mol. The molecular formula is C16H21NO. The van der Waals surface area contributed by atoms with Gasteiger partial charge in [0.2, 0.25) is 0 Å². The van der Waals surface area contributed by atoms with Crippen molar-refractivity contribution in [2.24, 2.45) is 11.3 Å². The third kappa shape index (κ3) is 1.83. The average Bonchev–Trinajstić information content (AvgIpc) is 3.26. The topological polar surface area (TPSA) is 21.3 Å². The van der Waals surface area contributed by atoms with Gasteiger partial charge in [0.25, 0.3) is 0 Å². The first-order chi connectivity index (χ1) is 8.87. The molecular weight excluding hydrogens is 222 g/mol. The van der Waals surface area contributed by atoms with E-state index in [-0.39, 0.29) is 0 Å². The third-order valence-corrected chi connectivity index (χ3v) is 5.12. The summed E-state index contributed by atoms with van der Waals surface area (Å²) < 4.78 is 5.52. The Kier molecular flexibility index (Phi) is 2.41. The predicted molar refractivity (Wildman–Crippen MR) is 72.9 cm³/mol. The van der Waals surface area contributed by atoms with Crippen LogP contribution in [-0.2, 0) is 4.74 Å². The Morgan fingerprint density at radius 2 is 2.17 bits per heavy atom. The summed E-state index contributed by atoms with van der Waals surface area (Å²) in [4.78, 5) is 0. The van der Waals surface area contributed by atoms with Crippen molar-refractivity contribution in [1.82, 2.24) is 0 Å². The number of anilines is 1. The maximum Gasteiger partial charge on any atom is 0.0536 e. The number of ether oxygens (including phenoxy) is 1. The van der Waals surface area contributed by atoms with Gasteiger partial charge in [-0.3, -0.25) is 0 Å². The van der Waals surface area contributed by atoms with Gasteiger partial charge in [0.05, 0.1) is 6.61 Å². The standard InChI is InChI=1S/C16H21NO/c1-2-4-15(14(3-1)12-5-8-18-11-12)17-10-13-9-16(13)6-7-16/h1-4,12-13,17H,5-11H2. The second-order valence-electron chi connectivity index (χ2n) is 6.29. The first kappa shape index (κ1) is 10.9. The van der Waals surface area contributed by atoms with E-state index in [0.29, 0.717) is 5.92 Å². The van der Waals surface area contributed by atoms with Crippen molar-refractivity contribution >= 4 is 5.69 Å². The molecule has 1 saturated heterocycles. The average molecular weight is 243 g/mol. The lowest BCUT2D eigenvalue weighted by molar-refractivity contribution is 0.194. The van der Waals surface area contributed by atoms with E-state index in [2.05, 4.69) is 29.6 Å². The van der Waals surface area contributed by atoms with E-state index in [1.807, 2.05) is 0 Å². The molecule has 0 aromatic heterocycles. The fourth-order valence-corrected chi connectivity index (χ4v) is 3.52. The van der Waals surface area contributed by atoms with Crippen LogP contribution in [0.15, 0.2) is 24.3 Å². The molecule has 2 heteroatoms. The molecule has 2 aliphatic carbocycles. The highest BCUT2D eigenvalue weighted by Crippen LogP contribution is 2.70. The van der Waals surface area contributed by atoms with Gasteiger partial charge in [-0.05, 0) is 48.6 Å². The summed E-state index contributed by atoms with van der Waals surface area (Å²) in [6.07, 6.45) is 5.61. The van der Waals surface area contributed by atoms with Crippen LogP contribution in [0.4, 0.5) is 5.69 Å². The van der Waals surface area contributed by atoms with Crippen LogP contribution in [0.25, 0.3) is 0 Å². The third-order valence-electron chi connectivity index (χ3n) is 5.12. The minimum atomic E-state index is 0.600. The molecule has 1 N–H and O–H groups in total. The summed E-state index contributed by atoms with van der Waals surface area (Å²) in [6, 6.07) is 8.79. The van der Waals surface area contributed by atoms with Crippen molar-refractivity contribution in [2.45, 2.75) is 31.6 Å². The second kappa shape index (κ2) is 3.99.